The van der Waals surface area contributed by atoms with Crippen LogP contribution in [0.25, 0.3) is 11.1 Å². The fourth-order valence-electron chi connectivity index (χ4n) is 3.93. The molecule has 4 rings (SSSR count). The Balaban J connectivity index is 1.47. The van der Waals surface area contributed by atoms with Gasteiger partial charge in [0.1, 0.15) is 6.61 Å². The highest BCUT2D eigenvalue weighted by atomic mass is 79.9. The molecule has 0 saturated heterocycles. The SMILES string of the molecule is CN(OCC(=O)O)C(=O)c1ccc(Br)cc1NC(=O)OCC1c2ccccc2-c2ccccc21. The van der Waals surface area contributed by atoms with E-state index >= 15 is 0 Å². The molecule has 0 saturated carbocycles. The number of carboxylic acids is 1. The lowest BCUT2D eigenvalue weighted by Gasteiger charge is -2.19. The van der Waals surface area contributed by atoms with Crippen LogP contribution in [0.2, 0.25) is 0 Å². The van der Waals surface area contributed by atoms with Crippen molar-refractivity contribution < 1.29 is 29.1 Å². The van der Waals surface area contributed by atoms with Gasteiger partial charge < -0.3 is 9.84 Å². The van der Waals surface area contributed by atoms with E-state index in [9.17, 15) is 14.4 Å². The average Bonchev–Trinajstić information content (AvgIpc) is 3.14. The molecule has 0 atom stereocenters. The molecule has 0 heterocycles. The van der Waals surface area contributed by atoms with Crippen molar-refractivity contribution in [2.24, 2.45) is 0 Å². The minimum atomic E-state index is -1.22. The number of hydrogen-bond donors (Lipinski definition) is 2. The van der Waals surface area contributed by atoms with Crippen LogP contribution in [0.3, 0.4) is 0 Å². The van der Waals surface area contributed by atoms with E-state index in [-0.39, 0.29) is 23.8 Å². The van der Waals surface area contributed by atoms with Crippen molar-refractivity contribution in [2.45, 2.75) is 5.92 Å². The fourth-order valence-corrected chi connectivity index (χ4v) is 4.29. The summed E-state index contributed by atoms with van der Waals surface area (Å²) in [6.45, 7) is -0.549. The Hall–Kier alpha value is -3.69. The smallest absolute Gasteiger partial charge is 0.411 e. The molecule has 3 aromatic rings. The van der Waals surface area contributed by atoms with E-state index in [1.807, 2.05) is 36.4 Å². The molecular weight excluding hydrogens is 504 g/mol. The molecule has 3 aromatic carbocycles. The second kappa shape index (κ2) is 10.1. The second-order valence-electron chi connectivity index (χ2n) is 7.61. The molecule has 1 aliphatic rings. The number of halogens is 1. The second-order valence-corrected chi connectivity index (χ2v) is 8.53. The third kappa shape index (κ3) is 4.95. The standard InChI is InChI=1S/C25H21BrN2O6/c1-28(34-14-23(29)30)24(31)20-11-10-15(26)12-22(20)27-25(32)33-13-21-18-8-4-2-6-16(18)17-7-3-5-9-19(17)21/h2-12,21H,13-14H2,1H3,(H,27,32)(H,29,30). The third-order valence-corrected chi connectivity index (χ3v) is 5.95. The number of nitrogens with one attached hydrogen (secondary N) is 1. The van der Waals surface area contributed by atoms with Crippen molar-refractivity contribution in [3.05, 3.63) is 87.9 Å². The molecule has 8 nitrogen and oxygen atoms in total. The van der Waals surface area contributed by atoms with Crippen molar-refractivity contribution in [3.63, 3.8) is 0 Å². The zero-order valence-electron chi connectivity index (χ0n) is 18.2. The van der Waals surface area contributed by atoms with Crippen LogP contribution in [0, 0.1) is 0 Å². The highest BCUT2D eigenvalue weighted by Gasteiger charge is 2.29. The number of aliphatic carboxylic acids is 1. The van der Waals surface area contributed by atoms with Crippen LogP contribution < -0.4 is 5.32 Å². The Morgan fingerprint density at radius 3 is 2.24 bits per heavy atom. The summed E-state index contributed by atoms with van der Waals surface area (Å²) >= 11 is 3.33. The monoisotopic (exact) mass is 524 g/mol. The van der Waals surface area contributed by atoms with Crippen molar-refractivity contribution in [1.29, 1.82) is 0 Å². The minimum Gasteiger partial charge on any atom is -0.479 e. The number of hydroxylamine groups is 2. The normalized spacial score (nSPS) is 11.9. The number of carbonyl (C=O) groups excluding carboxylic acids is 2. The van der Waals surface area contributed by atoms with Crippen molar-refractivity contribution in [2.75, 3.05) is 25.6 Å². The predicted molar refractivity (Wildman–Crippen MR) is 129 cm³/mol. The van der Waals surface area contributed by atoms with Gasteiger partial charge in [0.15, 0.2) is 6.61 Å². The first-order valence-corrected chi connectivity index (χ1v) is 11.2. The van der Waals surface area contributed by atoms with E-state index in [1.54, 1.807) is 12.1 Å². The first-order chi connectivity index (χ1) is 16.3. The maximum atomic E-state index is 12.7. The molecule has 0 aromatic heterocycles. The lowest BCUT2D eigenvalue weighted by molar-refractivity contribution is -0.159. The molecular formula is C25H21BrN2O6. The van der Waals surface area contributed by atoms with Gasteiger partial charge in [-0.15, -0.1) is 0 Å². The van der Waals surface area contributed by atoms with E-state index in [4.69, 9.17) is 14.7 Å². The van der Waals surface area contributed by atoms with E-state index in [0.717, 1.165) is 27.3 Å². The van der Waals surface area contributed by atoms with Crippen LogP contribution >= 0.6 is 15.9 Å². The van der Waals surface area contributed by atoms with Gasteiger partial charge in [-0.2, -0.15) is 0 Å². The lowest BCUT2D eigenvalue weighted by atomic mass is 9.98. The van der Waals surface area contributed by atoms with Crippen LogP contribution in [0.1, 0.15) is 27.4 Å². The first-order valence-electron chi connectivity index (χ1n) is 10.4. The number of benzene rings is 3. The summed E-state index contributed by atoms with van der Waals surface area (Å²) in [6, 6.07) is 20.7. The molecule has 1 aliphatic carbocycles. The van der Waals surface area contributed by atoms with Gasteiger partial charge in [0.2, 0.25) is 0 Å². The number of ether oxygens (including phenoxy) is 1. The van der Waals surface area contributed by atoms with Crippen LogP contribution in [0.15, 0.2) is 71.2 Å². The molecule has 0 fully saturated rings. The van der Waals surface area contributed by atoms with Gasteiger partial charge in [0.25, 0.3) is 5.91 Å². The summed E-state index contributed by atoms with van der Waals surface area (Å²) in [7, 11) is 1.30. The number of fused-ring (bicyclic) bond motifs is 3. The summed E-state index contributed by atoms with van der Waals surface area (Å²) in [6.07, 6.45) is -0.719. The molecule has 0 unspecified atom stereocenters. The molecule has 0 bridgehead atoms. The number of carbonyl (C=O) groups is 3. The molecule has 0 radical (unpaired) electrons. The zero-order chi connectivity index (χ0) is 24.2. The van der Waals surface area contributed by atoms with E-state index in [0.29, 0.717) is 4.47 Å². The molecule has 174 valence electrons. The highest BCUT2D eigenvalue weighted by molar-refractivity contribution is 9.10. The number of amides is 2. The largest absolute Gasteiger partial charge is 0.479 e. The summed E-state index contributed by atoms with van der Waals surface area (Å²) in [5.74, 6) is -1.94. The van der Waals surface area contributed by atoms with Gasteiger partial charge in [-0.3, -0.25) is 14.9 Å². The lowest BCUT2D eigenvalue weighted by Crippen LogP contribution is -2.30. The molecule has 0 aliphatic heterocycles. The maximum Gasteiger partial charge on any atom is 0.411 e. The van der Waals surface area contributed by atoms with Gasteiger partial charge in [-0.1, -0.05) is 64.5 Å². The summed E-state index contributed by atoms with van der Waals surface area (Å²) in [4.78, 5) is 41.0. The summed E-state index contributed by atoms with van der Waals surface area (Å²) < 4.78 is 6.19. The zero-order valence-corrected chi connectivity index (χ0v) is 19.7. The van der Waals surface area contributed by atoms with Gasteiger partial charge in [-0.25, -0.2) is 14.7 Å². The third-order valence-electron chi connectivity index (χ3n) is 5.46. The van der Waals surface area contributed by atoms with Crippen molar-refractivity contribution in [3.8, 4) is 11.1 Å². The maximum absolute atomic E-state index is 12.7. The van der Waals surface area contributed by atoms with Gasteiger partial charge in [-0.05, 0) is 40.5 Å². The number of nitrogens with zero attached hydrogens (tertiary/aromatic N) is 1. The molecule has 9 heteroatoms. The Labute approximate surface area is 204 Å². The fraction of sp³-hybridized carbons (Fsp3) is 0.160. The Morgan fingerprint density at radius 1 is 1.00 bits per heavy atom. The van der Waals surface area contributed by atoms with Gasteiger partial charge in [0, 0.05) is 17.4 Å². The molecule has 34 heavy (non-hydrogen) atoms. The van der Waals surface area contributed by atoms with Crippen molar-refractivity contribution >= 4 is 39.6 Å². The molecule has 2 N–H and O–H groups in total. The predicted octanol–water partition coefficient (Wildman–Crippen LogP) is 4.90. The van der Waals surface area contributed by atoms with Crippen LogP contribution in [0.5, 0.6) is 0 Å². The number of hydrogen-bond acceptors (Lipinski definition) is 5. The van der Waals surface area contributed by atoms with Crippen LogP contribution in [-0.2, 0) is 14.4 Å². The van der Waals surface area contributed by atoms with E-state index in [1.165, 1.54) is 13.1 Å². The van der Waals surface area contributed by atoms with Crippen LogP contribution in [0.4, 0.5) is 10.5 Å². The number of carboxylic acid groups (broad SMARTS) is 1. The Kier molecular flexibility index (Phi) is 6.95. The highest BCUT2D eigenvalue weighted by Crippen LogP contribution is 2.44. The molecule has 2 amide bonds. The topological polar surface area (TPSA) is 105 Å². The van der Waals surface area contributed by atoms with Crippen molar-refractivity contribution in [1.82, 2.24) is 5.06 Å². The number of rotatable bonds is 7. The Morgan fingerprint density at radius 2 is 1.62 bits per heavy atom. The number of anilines is 1. The van der Waals surface area contributed by atoms with E-state index in [2.05, 4.69) is 33.4 Å². The van der Waals surface area contributed by atoms with Crippen LogP contribution in [-0.4, -0.2) is 48.4 Å². The average molecular weight is 525 g/mol. The quantitative estimate of drug-likeness (QED) is 0.426. The van der Waals surface area contributed by atoms with Gasteiger partial charge in [0.05, 0.1) is 11.3 Å². The summed E-state index contributed by atoms with van der Waals surface area (Å²) in [5, 5.41) is 12.2. The molecule has 0 spiro atoms. The first kappa shape index (κ1) is 23.5. The Bertz CT molecular complexity index is 1220. The van der Waals surface area contributed by atoms with Gasteiger partial charge >= 0.3 is 12.1 Å². The van der Waals surface area contributed by atoms with E-state index < -0.39 is 24.6 Å². The minimum absolute atomic E-state index is 0.0997. The summed E-state index contributed by atoms with van der Waals surface area (Å²) in [5.41, 5.74) is 4.73.